The number of aromatic nitrogens is 4. The highest BCUT2D eigenvalue weighted by Crippen LogP contribution is 2.31. The molecule has 4 heterocycles. The highest BCUT2D eigenvalue weighted by Gasteiger charge is 2.33. The third kappa shape index (κ3) is 7.26. The van der Waals surface area contributed by atoms with E-state index in [2.05, 4.69) is 20.4 Å². The lowest BCUT2D eigenvalue weighted by atomic mass is 10.1. The molecule has 0 unspecified atom stereocenters. The zero-order valence-electron chi connectivity index (χ0n) is 31.3. The van der Waals surface area contributed by atoms with Crippen LogP contribution in [0.2, 0.25) is 0 Å². The van der Waals surface area contributed by atoms with E-state index in [4.69, 9.17) is 0 Å². The van der Waals surface area contributed by atoms with Gasteiger partial charge in [0.15, 0.2) is 0 Å². The van der Waals surface area contributed by atoms with E-state index in [0.29, 0.717) is 0 Å². The summed E-state index contributed by atoms with van der Waals surface area (Å²) >= 11 is 0. The van der Waals surface area contributed by atoms with Gasteiger partial charge in [0.2, 0.25) is 0 Å². The molecule has 0 radical (unpaired) electrons. The minimum Gasteiger partial charge on any atom is -0.295 e. The molecule has 2 aliphatic heterocycles. The molecule has 0 atom stereocenters. The van der Waals surface area contributed by atoms with Crippen LogP contribution < -0.4 is 21.1 Å². The topological polar surface area (TPSA) is 304 Å². The zero-order chi connectivity index (χ0) is 43.8. The van der Waals surface area contributed by atoms with Crippen molar-refractivity contribution in [3.05, 3.63) is 121 Å². The van der Waals surface area contributed by atoms with Crippen molar-refractivity contribution in [1.82, 2.24) is 19.6 Å². The predicted molar refractivity (Wildman–Crippen MR) is 215 cm³/mol. The lowest BCUT2D eigenvalue weighted by Crippen LogP contribution is -2.25. The molecule has 24 heteroatoms. The van der Waals surface area contributed by atoms with Crippen LogP contribution >= 0.6 is 0 Å². The van der Waals surface area contributed by atoms with E-state index >= 15 is 0 Å². The van der Waals surface area contributed by atoms with Crippen LogP contribution in [-0.4, -0.2) is 81.7 Å². The van der Waals surface area contributed by atoms with Crippen molar-refractivity contribution in [2.24, 2.45) is 10.2 Å². The third-order valence-corrected chi connectivity index (χ3v) is 12.0. The van der Waals surface area contributed by atoms with Gasteiger partial charge in [-0.25, -0.2) is 9.36 Å². The van der Waals surface area contributed by atoms with Crippen LogP contribution in [0.5, 0.6) is 0 Å². The van der Waals surface area contributed by atoms with Gasteiger partial charge in [-0.1, -0.05) is 18.2 Å². The second-order valence-electron chi connectivity index (χ2n) is 13.3. The van der Waals surface area contributed by atoms with Crippen molar-refractivity contribution < 1.29 is 48.5 Å². The highest BCUT2D eigenvalue weighted by atomic mass is 32.2. The largest absolute Gasteiger partial charge is 0.296 e. The Balaban J connectivity index is 1.31. The Morgan fingerprint density at radius 1 is 0.567 bits per heavy atom. The van der Waals surface area contributed by atoms with E-state index in [1.54, 1.807) is 0 Å². The Hall–Kier alpha value is -6.83. The van der Waals surface area contributed by atoms with Gasteiger partial charge >= 0.3 is 0 Å². The van der Waals surface area contributed by atoms with E-state index in [1.807, 2.05) is 0 Å². The number of benzene rings is 3. The maximum Gasteiger partial charge on any atom is 0.296 e. The molecule has 21 nitrogen and oxygen atoms in total. The first kappa shape index (κ1) is 41.3. The molecule has 5 aromatic rings. The predicted octanol–water partition coefficient (Wildman–Crippen LogP) is 2.61. The smallest absolute Gasteiger partial charge is 0.295 e. The molecule has 7 rings (SSSR count). The van der Waals surface area contributed by atoms with Crippen LogP contribution in [0.15, 0.2) is 112 Å². The van der Waals surface area contributed by atoms with Crippen molar-refractivity contribution in [2.75, 3.05) is 10.0 Å². The molecule has 60 heavy (non-hydrogen) atoms. The first-order valence-electron chi connectivity index (χ1n) is 17.1. The van der Waals surface area contributed by atoms with E-state index in [9.17, 15) is 58.1 Å². The monoisotopic (exact) mass is 878 g/mol. The number of amides is 2. The minimum absolute atomic E-state index is 0.00280. The molecule has 310 valence electrons. The first-order chi connectivity index (χ1) is 28.0. The molecular formula is C36H30N8O13S3. The zero-order valence-corrected chi connectivity index (χ0v) is 33.8. The molecule has 0 saturated carbocycles. The van der Waals surface area contributed by atoms with Gasteiger partial charge in [0.1, 0.15) is 10.6 Å². The molecule has 0 fully saturated rings. The number of hydrazone groups is 2. The Morgan fingerprint density at radius 2 is 0.983 bits per heavy atom. The fraction of sp³-hybridized carbons (Fsp3) is 0.111. The fourth-order valence-electron chi connectivity index (χ4n) is 6.47. The number of H-pyrrole nitrogens is 2. The average molecular weight is 879 g/mol. The number of hydrogen-bond acceptors (Lipinski definition) is 12. The van der Waals surface area contributed by atoms with Gasteiger partial charge in [0.05, 0.1) is 60.5 Å². The van der Waals surface area contributed by atoms with Crippen molar-refractivity contribution in [3.8, 4) is 11.4 Å². The molecule has 0 saturated heterocycles. The van der Waals surface area contributed by atoms with Crippen molar-refractivity contribution >= 4 is 77.1 Å². The summed E-state index contributed by atoms with van der Waals surface area (Å²) in [6.07, 6.45) is 2.39. The van der Waals surface area contributed by atoms with Crippen LogP contribution in [0.3, 0.4) is 0 Å². The van der Waals surface area contributed by atoms with Crippen LogP contribution in [-0.2, 0) is 39.9 Å². The number of rotatable bonds is 9. The molecular weight excluding hydrogens is 849 g/mol. The molecule has 2 aliphatic rings. The number of hydrogen-bond donors (Lipinski definition) is 5. The first-order valence-corrected chi connectivity index (χ1v) is 21.4. The summed E-state index contributed by atoms with van der Waals surface area (Å²) in [4.78, 5) is 53.7. The molecule has 5 N–H and O–H groups in total. The van der Waals surface area contributed by atoms with Gasteiger partial charge < -0.3 is 0 Å². The average Bonchev–Trinajstić information content (AvgIpc) is 3.83. The summed E-state index contributed by atoms with van der Waals surface area (Å²) < 4.78 is 103. The quantitative estimate of drug-likeness (QED) is 0.105. The number of nitrogens with one attached hydrogen (secondary N) is 2. The van der Waals surface area contributed by atoms with Gasteiger partial charge in [0, 0.05) is 11.4 Å². The van der Waals surface area contributed by atoms with E-state index in [1.165, 1.54) is 76.2 Å². The number of aromatic amines is 2. The van der Waals surface area contributed by atoms with Gasteiger partial charge in [-0.15, -0.1) is 0 Å². The van der Waals surface area contributed by atoms with Gasteiger partial charge in [-0.05, 0) is 88.4 Å². The maximum absolute atomic E-state index is 14.2. The van der Waals surface area contributed by atoms with Crippen LogP contribution in [0.25, 0.3) is 23.5 Å². The molecule has 2 aromatic heterocycles. The van der Waals surface area contributed by atoms with Crippen molar-refractivity contribution in [3.63, 3.8) is 0 Å². The van der Waals surface area contributed by atoms with Gasteiger partial charge in [0.25, 0.3) is 53.3 Å². The maximum atomic E-state index is 14.2. The number of para-hydroxylation sites is 1. The normalized spacial score (nSPS) is 16.4. The molecule has 2 amide bonds. The van der Waals surface area contributed by atoms with Gasteiger partial charge in [-0.2, -0.15) is 45.5 Å². The van der Waals surface area contributed by atoms with Crippen LogP contribution in [0, 0.1) is 13.8 Å². The second-order valence-corrected chi connectivity index (χ2v) is 17.6. The summed E-state index contributed by atoms with van der Waals surface area (Å²) in [5.41, 5.74) is -2.57. The second kappa shape index (κ2) is 14.5. The number of aryl methyl sites for hydroxylation is 2. The van der Waals surface area contributed by atoms with E-state index in [-0.39, 0.29) is 62.1 Å². The molecule has 0 spiro atoms. The summed E-state index contributed by atoms with van der Waals surface area (Å²) in [6.45, 7) is 5.80. The third-order valence-electron chi connectivity index (χ3n) is 9.38. The van der Waals surface area contributed by atoms with Crippen LogP contribution in [0.4, 0.5) is 11.4 Å². The highest BCUT2D eigenvalue weighted by molar-refractivity contribution is 7.86. The number of anilines is 2. The number of carbonyl (C=O) groups is 2. The standard InChI is InChI=1S/C36H30N8O13S3/c1-18-26(33(45)41(37-18)22-8-5-10-24(14-22)58(49,50)51)16-28-20(3)39-43(35(28)47)30-12-7-13-31(60(55,56)57)32(30)44-36(48)29(21(4)40-44)17-27-19(2)38-42(34(27)46)23-9-6-11-25(15-23)59(52,53)54/h5-17,39-40H,1-4H3,(H,49,50,51)(H,52,53,54)(H,55,56,57). The van der Waals surface area contributed by atoms with Crippen LogP contribution in [0.1, 0.15) is 36.4 Å². The Labute approximate surface area is 339 Å². The lowest BCUT2D eigenvalue weighted by Gasteiger charge is -2.13. The Kier molecular flexibility index (Phi) is 9.97. The number of carbonyl (C=O) groups excluding carboxylic acids is 2. The van der Waals surface area contributed by atoms with E-state index < -0.39 is 73.7 Å². The van der Waals surface area contributed by atoms with Crippen molar-refractivity contribution in [2.45, 2.75) is 42.4 Å². The van der Waals surface area contributed by atoms with E-state index in [0.717, 1.165) is 49.7 Å². The Bertz CT molecular complexity index is 3330. The van der Waals surface area contributed by atoms with Crippen molar-refractivity contribution in [1.29, 1.82) is 0 Å². The number of nitrogens with zero attached hydrogens (tertiary/aromatic N) is 6. The lowest BCUT2D eigenvalue weighted by molar-refractivity contribution is -0.115. The summed E-state index contributed by atoms with van der Waals surface area (Å²) in [6, 6.07) is 13.0. The van der Waals surface area contributed by atoms with Gasteiger partial charge in [-0.3, -0.25) is 43.0 Å². The Morgan fingerprint density at radius 3 is 1.42 bits per heavy atom. The summed E-state index contributed by atoms with van der Waals surface area (Å²) in [5.74, 6) is -1.54. The minimum atomic E-state index is -5.11. The molecule has 0 aliphatic carbocycles. The molecule has 0 bridgehead atoms. The fourth-order valence-corrected chi connectivity index (χ4v) is 8.20. The SMILES string of the molecule is CC1=NN(c2cccc(S(=O)(=O)O)c2)C(=O)C1=Cc1c(C)[nH]n(-c2cccc(S(=O)(=O)O)c2-n2[nH]c(C)c(C=C3C(=O)N(c4cccc(S(=O)(=O)O)c4)N=C3C)c2=O)c1=O. The summed E-state index contributed by atoms with van der Waals surface area (Å²) in [7, 11) is -14.4. The summed E-state index contributed by atoms with van der Waals surface area (Å²) in [5, 5.41) is 15.6. The molecule has 3 aromatic carbocycles.